The van der Waals surface area contributed by atoms with E-state index in [-0.39, 0.29) is 11.3 Å². The number of aromatic hydroxyl groups is 1. The molecule has 0 aromatic heterocycles. The molecule has 3 rings (SSSR count). The second-order valence-electron chi connectivity index (χ2n) is 5.47. The monoisotopic (exact) mass is 332 g/mol. The molecule has 0 saturated carbocycles. The van der Waals surface area contributed by atoms with E-state index in [2.05, 4.69) is 38.1 Å². The van der Waals surface area contributed by atoms with Crippen LogP contribution in [0.25, 0.3) is 0 Å². The zero-order valence-corrected chi connectivity index (χ0v) is 13.9. The summed E-state index contributed by atoms with van der Waals surface area (Å²) in [5.41, 5.74) is 1.59. The first-order valence-electron chi connectivity index (χ1n) is 7.36. The number of carboxylic acids is 1. The molecule has 1 aliphatic heterocycles. The molecule has 0 bridgehead atoms. The number of aromatic carboxylic acids is 1. The summed E-state index contributed by atoms with van der Waals surface area (Å²) in [5, 5.41) is 17.3. The summed E-state index contributed by atoms with van der Waals surface area (Å²) in [7, 11) is 0. The van der Waals surface area contributed by atoms with Crippen molar-refractivity contribution in [3.8, 4) is 5.75 Å². The van der Waals surface area contributed by atoms with Crippen molar-refractivity contribution >= 4 is 17.7 Å². The van der Waals surface area contributed by atoms with Gasteiger partial charge in [-0.05, 0) is 29.7 Å². The summed E-state index contributed by atoms with van der Waals surface area (Å²) >= 11 is 1.84. The molecule has 2 N–H and O–H groups in total. The fourth-order valence-corrected chi connectivity index (χ4v) is 3.15. The summed E-state index contributed by atoms with van der Waals surface area (Å²) < 4.78 is 5.73. The van der Waals surface area contributed by atoms with E-state index in [9.17, 15) is 4.79 Å². The fraction of sp³-hybridized carbons (Fsp3) is 0.278. The maximum atomic E-state index is 10.3. The Labute approximate surface area is 140 Å². The third-order valence-electron chi connectivity index (χ3n) is 3.30. The molecule has 2 aromatic rings. The Kier molecular flexibility index (Phi) is 6.07. The maximum Gasteiger partial charge on any atom is 0.339 e. The van der Waals surface area contributed by atoms with Gasteiger partial charge in [-0.3, -0.25) is 0 Å². The van der Waals surface area contributed by atoms with Crippen LogP contribution in [0.3, 0.4) is 0 Å². The Morgan fingerprint density at radius 1 is 1.17 bits per heavy atom. The lowest BCUT2D eigenvalue weighted by Crippen LogP contribution is -2.19. The van der Waals surface area contributed by atoms with Crippen molar-refractivity contribution in [3.05, 3.63) is 59.7 Å². The van der Waals surface area contributed by atoms with Crippen LogP contribution in [0.2, 0.25) is 0 Å². The van der Waals surface area contributed by atoms with Crippen molar-refractivity contribution in [3.63, 3.8) is 0 Å². The first-order chi connectivity index (χ1) is 11.0. The normalized spacial score (nSPS) is 16.2. The van der Waals surface area contributed by atoms with Crippen molar-refractivity contribution in [1.29, 1.82) is 0 Å². The molecule has 1 heterocycles. The van der Waals surface area contributed by atoms with Crippen LogP contribution in [-0.2, 0) is 11.3 Å². The van der Waals surface area contributed by atoms with Gasteiger partial charge in [-0.25, -0.2) is 4.79 Å². The highest BCUT2D eigenvalue weighted by molar-refractivity contribution is 7.99. The van der Waals surface area contributed by atoms with Gasteiger partial charge in [-0.1, -0.05) is 55.9 Å². The smallest absolute Gasteiger partial charge is 0.339 e. The number of ether oxygens (including phenoxy) is 1. The Balaban J connectivity index is 0.000000174. The molecule has 0 radical (unpaired) electrons. The predicted molar refractivity (Wildman–Crippen MR) is 90.8 cm³/mol. The van der Waals surface area contributed by atoms with Crippen LogP contribution in [0.5, 0.6) is 5.75 Å². The quantitative estimate of drug-likeness (QED) is 0.854. The molecule has 1 atom stereocenters. The largest absolute Gasteiger partial charge is 0.507 e. The van der Waals surface area contributed by atoms with E-state index in [0.29, 0.717) is 11.4 Å². The van der Waals surface area contributed by atoms with Gasteiger partial charge in [0.1, 0.15) is 16.7 Å². The summed E-state index contributed by atoms with van der Waals surface area (Å²) in [5.74, 6) is -0.730. The van der Waals surface area contributed by atoms with Gasteiger partial charge in [0, 0.05) is 4.90 Å². The summed E-state index contributed by atoms with van der Waals surface area (Å²) in [6, 6.07) is 14.3. The molecule has 122 valence electrons. The van der Waals surface area contributed by atoms with Gasteiger partial charge in [-0.15, -0.1) is 0 Å². The second-order valence-corrected chi connectivity index (χ2v) is 6.61. The molecule has 0 spiro atoms. The van der Waals surface area contributed by atoms with Gasteiger partial charge in [0.15, 0.2) is 0 Å². The van der Waals surface area contributed by atoms with E-state index in [0.717, 1.165) is 6.61 Å². The zero-order chi connectivity index (χ0) is 16.8. The van der Waals surface area contributed by atoms with Crippen LogP contribution >= 0.6 is 11.8 Å². The number of fused-ring (bicyclic) bond motifs is 1. The van der Waals surface area contributed by atoms with E-state index in [1.165, 1.54) is 22.6 Å². The number of rotatable bonds is 2. The molecular formula is C18H20O4S. The molecule has 0 fully saturated rings. The number of carboxylic acid groups (broad SMARTS) is 1. The highest BCUT2D eigenvalue weighted by Crippen LogP contribution is 2.36. The molecule has 0 saturated heterocycles. The van der Waals surface area contributed by atoms with Crippen LogP contribution in [-0.4, -0.2) is 21.6 Å². The molecule has 0 aliphatic carbocycles. The molecular weight excluding hydrogens is 312 g/mol. The molecule has 1 unspecified atom stereocenters. The van der Waals surface area contributed by atoms with Gasteiger partial charge in [-0.2, -0.15) is 0 Å². The van der Waals surface area contributed by atoms with Gasteiger partial charge in [0.2, 0.25) is 0 Å². The van der Waals surface area contributed by atoms with Crippen LogP contribution in [0.4, 0.5) is 0 Å². The van der Waals surface area contributed by atoms with Gasteiger partial charge >= 0.3 is 5.97 Å². The van der Waals surface area contributed by atoms with Crippen molar-refractivity contribution in [1.82, 2.24) is 0 Å². The third kappa shape index (κ3) is 4.74. The number of hydrogen-bond donors (Lipinski definition) is 2. The lowest BCUT2D eigenvalue weighted by molar-refractivity contribution is 0.0650. The van der Waals surface area contributed by atoms with Crippen molar-refractivity contribution in [2.45, 2.75) is 30.8 Å². The van der Waals surface area contributed by atoms with Gasteiger partial charge in [0.05, 0.1) is 6.61 Å². The molecule has 1 aliphatic rings. The molecule has 23 heavy (non-hydrogen) atoms. The van der Waals surface area contributed by atoms with E-state index >= 15 is 0 Å². The Morgan fingerprint density at radius 2 is 1.83 bits per heavy atom. The minimum absolute atomic E-state index is 0.0671. The SMILES string of the molecule is CC(C)C1OCc2ccccc2S1.O=C(O)c1ccccc1O. The summed E-state index contributed by atoms with van der Waals surface area (Å²) in [6.45, 7) is 5.17. The highest BCUT2D eigenvalue weighted by atomic mass is 32.2. The average Bonchev–Trinajstić information content (AvgIpc) is 2.55. The molecule has 4 nitrogen and oxygen atoms in total. The van der Waals surface area contributed by atoms with Crippen LogP contribution in [0.15, 0.2) is 53.4 Å². The van der Waals surface area contributed by atoms with Crippen molar-refractivity contribution in [2.24, 2.45) is 5.92 Å². The van der Waals surface area contributed by atoms with E-state index in [4.69, 9.17) is 14.9 Å². The van der Waals surface area contributed by atoms with Crippen LogP contribution < -0.4 is 0 Å². The lowest BCUT2D eigenvalue weighted by atomic mass is 10.2. The molecule has 0 amide bonds. The lowest BCUT2D eigenvalue weighted by Gasteiger charge is -2.27. The second kappa shape index (κ2) is 8.04. The summed E-state index contributed by atoms with van der Waals surface area (Å²) in [6.07, 6.45) is 0. The topological polar surface area (TPSA) is 66.8 Å². The van der Waals surface area contributed by atoms with Crippen molar-refractivity contribution in [2.75, 3.05) is 0 Å². The summed E-state index contributed by atoms with van der Waals surface area (Å²) in [4.78, 5) is 11.6. The Bertz CT molecular complexity index is 670. The number of benzene rings is 2. The van der Waals surface area contributed by atoms with E-state index in [1.807, 2.05) is 11.8 Å². The Morgan fingerprint density at radius 3 is 2.43 bits per heavy atom. The number of carbonyl (C=O) groups is 1. The maximum absolute atomic E-state index is 10.3. The third-order valence-corrected chi connectivity index (χ3v) is 4.86. The minimum atomic E-state index is -1.11. The van der Waals surface area contributed by atoms with Gasteiger partial charge in [0.25, 0.3) is 0 Å². The zero-order valence-electron chi connectivity index (χ0n) is 13.1. The highest BCUT2D eigenvalue weighted by Gasteiger charge is 2.21. The van der Waals surface area contributed by atoms with Crippen LogP contribution in [0, 0.1) is 5.92 Å². The first kappa shape index (κ1) is 17.4. The van der Waals surface area contributed by atoms with Crippen molar-refractivity contribution < 1.29 is 19.7 Å². The molecule has 5 heteroatoms. The number of para-hydroxylation sites is 1. The fourth-order valence-electron chi connectivity index (χ4n) is 2.05. The Hall–Kier alpha value is -1.98. The first-order valence-corrected chi connectivity index (χ1v) is 8.24. The number of hydrogen-bond acceptors (Lipinski definition) is 4. The van der Waals surface area contributed by atoms with Crippen LogP contribution in [0.1, 0.15) is 29.8 Å². The van der Waals surface area contributed by atoms with Gasteiger partial charge < -0.3 is 14.9 Å². The minimum Gasteiger partial charge on any atom is -0.507 e. The van der Waals surface area contributed by atoms with E-state index < -0.39 is 5.97 Å². The average molecular weight is 332 g/mol. The standard InChI is InChI=1S/C11H14OS.C7H6O3/c1-8(2)11-12-7-9-5-3-4-6-10(9)13-11;8-6-4-2-1-3-5(6)7(9)10/h3-6,8,11H,7H2,1-2H3;1-4,8H,(H,9,10). The van der Waals surface area contributed by atoms with E-state index in [1.54, 1.807) is 12.1 Å². The number of thioether (sulfide) groups is 1. The number of phenols is 1. The predicted octanol–water partition coefficient (Wildman–Crippen LogP) is 4.38. The molecule has 2 aromatic carbocycles.